The van der Waals surface area contributed by atoms with E-state index < -0.39 is 0 Å². The highest BCUT2D eigenvalue weighted by atomic mass is 14.7. The standard InChI is InChI=1S/C20H22N2.C2H7N.C2H6/c1-3-6-15(4-2)16-9-11-17(12-10-16)18-7-5-8-19(13-18)20(22)14-21;1-3-2;1-2/h3-14H,21-22H2,1-2H3;3H,1-2H3;1-2H3/b6-3-,15-4+,20-14-;;. The minimum absolute atomic E-state index is 0.586. The SMILES string of the molecule is C/C=C\C(=C/C)c1ccc(-c2cccc(/C(N)=C/N)c2)cc1.CC.CNC. The van der Waals surface area contributed by atoms with Gasteiger partial charge in [0.05, 0.1) is 5.70 Å². The summed E-state index contributed by atoms with van der Waals surface area (Å²) in [5.74, 6) is 0. The smallest absolute Gasteiger partial charge is 0.0545 e. The summed E-state index contributed by atoms with van der Waals surface area (Å²) in [6, 6.07) is 16.6. The van der Waals surface area contributed by atoms with Gasteiger partial charge in [-0.05, 0) is 61.8 Å². The molecule has 0 aliphatic carbocycles. The molecule has 0 saturated carbocycles. The van der Waals surface area contributed by atoms with Gasteiger partial charge in [0.2, 0.25) is 0 Å². The number of nitrogens with one attached hydrogen (secondary N) is 1. The number of hydrogen-bond acceptors (Lipinski definition) is 3. The molecule has 3 heteroatoms. The third-order valence-electron chi connectivity index (χ3n) is 3.58. The molecule has 0 saturated heterocycles. The minimum atomic E-state index is 0.586. The van der Waals surface area contributed by atoms with Gasteiger partial charge < -0.3 is 16.8 Å². The molecule has 0 spiro atoms. The molecule has 0 aromatic heterocycles. The summed E-state index contributed by atoms with van der Waals surface area (Å²) >= 11 is 0. The number of allylic oxidation sites excluding steroid dienone is 4. The van der Waals surface area contributed by atoms with Crippen molar-refractivity contribution in [3.8, 4) is 11.1 Å². The molecule has 2 rings (SSSR count). The molecule has 146 valence electrons. The normalized spacial score (nSPS) is 11.3. The van der Waals surface area contributed by atoms with E-state index in [4.69, 9.17) is 11.5 Å². The van der Waals surface area contributed by atoms with Gasteiger partial charge in [-0.25, -0.2) is 0 Å². The van der Waals surface area contributed by atoms with Crippen molar-refractivity contribution < 1.29 is 0 Å². The molecule has 2 aromatic rings. The quantitative estimate of drug-likeness (QED) is 0.635. The highest BCUT2D eigenvalue weighted by Crippen LogP contribution is 2.25. The predicted molar refractivity (Wildman–Crippen MR) is 123 cm³/mol. The van der Waals surface area contributed by atoms with Crippen LogP contribution in [0.4, 0.5) is 0 Å². The van der Waals surface area contributed by atoms with Gasteiger partial charge in [0.15, 0.2) is 0 Å². The second-order valence-electron chi connectivity index (χ2n) is 5.52. The summed E-state index contributed by atoms with van der Waals surface area (Å²) in [5, 5.41) is 2.75. The molecule has 0 bridgehead atoms. The topological polar surface area (TPSA) is 64.1 Å². The molecular formula is C24H35N3. The fourth-order valence-corrected chi connectivity index (χ4v) is 2.37. The maximum Gasteiger partial charge on any atom is 0.0545 e. The van der Waals surface area contributed by atoms with Gasteiger partial charge in [0.1, 0.15) is 0 Å². The van der Waals surface area contributed by atoms with Crippen LogP contribution >= 0.6 is 0 Å². The van der Waals surface area contributed by atoms with Crippen LogP contribution < -0.4 is 16.8 Å². The zero-order valence-electron chi connectivity index (χ0n) is 17.6. The van der Waals surface area contributed by atoms with Crippen LogP contribution in [0.1, 0.15) is 38.8 Å². The van der Waals surface area contributed by atoms with E-state index >= 15 is 0 Å². The molecule has 27 heavy (non-hydrogen) atoms. The molecule has 5 N–H and O–H groups in total. The van der Waals surface area contributed by atoms with Crippen LogP contribution in [-0.4, -0.2) is 14.1 Å². The largest absolute Gasteiger partial charge is 0.403 e. The van der Waals surface area contributed by atoms with Crippen LogP contribution in [0.15, 0.2) is 73.0 Å². The number of benzene rings is 2. The third-order valence-corrected chi connectivity index (χ3v) is 3.58. The molecule has 0 atom stereocenters. The summed E-state index contributed by atoms with van der Waals surface area (Å²) in [4.78, 5) is 0. The molecule has 3 nitrogen and oxygen atoms in total. The average molecular weight is 366 g/mol. The van der Waals surface area contributed by atoms with Crippen molar-refractivity contribution in [2.45, 2.75) is 27.7 Å². The first-order valence-corrected chi connectivity index (χ1v) is 9.37. The highest BCUT2D eigenvalue weighted by Gasteiger charge is 2.02. The number of hydrogen-bond donors (Lipinski definition) is 3. The number of nitrogens with two attached hydrogens (primary N) is 2. The van der Waals surface area contributed by atoms with E-state index in [1.807, 2.05) is 47.0 Å². The summed E-state index contributed by atoms with van der Waals surface area (Å²) in [7, 11) is 3.75. The monoisotopic (exact) mass is 365 g/mol. The van der Waals surface area contributed by atoms with Gasteiger partial charge in [-0.3, -0.25) is 0 Å². The maximum absolute atomic E-state index is 5.88. The van der Waals surface area contributed by atoms with E-state index in [0.717, 1.165) is 16.7 Å². The van der Waals surface area contributed by atoms with Crippen LogP contribution in [0.2, 0.25) is 0 Å². The van der Waals surface area contributed by atoms with Gasteiger partial charge in [0.25, 0.3) is 0 Å². The maximum atomic E-state index is 5.88. The van der Waals surface area contributed by atoms with Gasteiger partial charge in [-0.2, -0.15) is 0 Å². The van der Waals surface area contributed by atoms with Crippen LogP contribution in [-0.2, 0) is 0 Å². The van der Waals surface area contributed by atoms with Crippen LogP contribution in [0, 0.1) is 0 Å². The minimum Gasteiger partial charge on any atom is -0.403 e. The van der Waals surface area contributed by atoms with Crippen molar-refractivity contribution in [1.29, 1.82) is 0 Å². The Hall–Kier alpha value is -2.78. The van der Waals surface area contributed by atoms with Crippen molar-refractivity contribution >= 4 is 11.3 Å². The Morgan fingerprint density at radius 3 is 1.96 bits per heavy atom. The first kappa shape index (κ1) is 24.2. The second-order valence-corrected chi connectivity index (χ2v) is 5.52. The first-order valence-electron chi connectivity index (χ1n) is 9.37. The second kappa shape index (κ2) is 14.4. The molecule has 0 aliphatic rings. The fourth-order valence-electron chi connectivity index (χ4n) is 2.37. The van der Waals surface area contributed by atoms with Crippen LogP contribution in [0.25, 0.3) is 22.4 Å². The van der Waals surface area contributed by atoms with Crippen molar-refractivity contribution in [2.75, 3.05) is 14.1 Å². The summed E-state index contributed by atoms with van der Waals surface area (Å²) in [6.45, 7) is 8.08. The Labute approximate surface area is 165 Å². The van der Waals surface area contributed by atoms with E-state index in [1.54, 1.807) is 0 Å². The fraction of sp³-hybridized carbons (Fsp3) is 0.250. The Morgan fingerprint density at radius 2 is 1.48 bits per heavy atom. The Bertz CT molecular complexity index is 738. The van der Waals surface area contributed by atoms with Crippen LogP contribution in [0.5, 0.6) is 0 Å². The molecule has 0 aliphatic heterocycles. The molecule has 0 unspecified atom stereocenters. The van der Waals surface area contributed by atoms with E-state index in [1.165, 1.54) is 17.3 Å². The third kappa shape index (κ3) is 7.97. The van der Waals surface area contributed by atoms with Gasteiger partial charge in [0, 0.05) is 6.20 Å². The zero-order valence-corrected chi connectivity index (χ0v) is 17.6. The van der Waals surface area contributed by atoms with E-state index in [2.05, 4.69) is 66.9 Å². The highest BCUT2D eigenvalue weighted by molar-refractivity contribution is 5.77. The van der Waals surface area contributed by atoms with Gasteiger partial charge in [-0.15, -0.1) is 0 Å². The van der Waals surface area contributed by atoms with Crippen molar-refractivity contribution in [3.05, 3.63) is 84.1 Å². The van der Waals surface area contributed by atoms with E-state index in [9.17, 15) is 0 Å². The van der Waals surface area contributed by atoms with Crippen LogP contribution in [0.3, 0.4) is 0 Å². The lowest BCUT2D eigenvalue weighted by atomic mass is 9.98. The van der Waals surface area contributed by atoms with Crippen molar-refractivity contribution in [1.82, 2.24) is 5.32 Å². The molecule has 0 fully saturated rings. The van der Waals surface area contributed by atoms with E-state index in [-0.39, 0.29) is 0 Å². The van der Waals surface area contributed by atoms with Crippen molar-refractivity contribution in [2.24, 2.45) is 11.5 Å². The molecule has 2 aromatic carbocycles. The Kier molecular flexibility index (Phi) is 12.9. The first-order chi connectivity index (χ1) is 13.1. The molecule has 0 amide bonds. The molecule has 0 radical (unpaired) electrons. The molecular weight excluding hydrogens is 330 g/mol. The summed E-state index contributed by atoms with van der Waals surface area (Å²) < 4.78 is 0. The summed E-state index contributed by atoms with van der Waals surface area (Å²) in [5.41, 5.74) is 17.6. The number of rotatable bonds is 4. The van der Waals surface area contributed by atoms with Gasteiger partial charge >= 0.3 is 0 Å². The Morgan fingerprint density at radius 1 is 0.889 bits per heavy atom. The Balaban J connectivity index is 0.00000123. The van der Waals surface area contributed by atoms with E-state index in [0.29, 0.717) is 5.70 Å². The lowest BCUT2D eigenvalue weighted by molar-refractivity contribution is 1.02. The van der Waals surface area contributed by atoms with Crippen molar-refractivity contribution in [3.63, 3.8) is 0 Å². The lowest BCUT2D eigenvalue weighted by Crippen LogP contribution is -1.99. The average Bonchev–Trinajstić information content (AvgIpc) is 2.73. The summed E-state index contributed by atoms with van der Waals surface area (Å²) in [6.07, 6.45) is 7.71. The predicted octanol–water partition coefficient (Wildman–Crippen LogP) is 5.41. The zero-order chi connectivity index (χ0) is 20.7. The van der Waals surface area contributed by atoms with Gasteiger partial charge in [-0.1, -0.05) is 74.5 Å². The lowest BCUT2D eigenvalue weighted by Gasteiger charge is -2.08. The molecule has 0 heterocycles.